The van der Waals surface area contributed by atoms with Gasteiger partial charge in [0, 0.05) is 18.3 Å². The largest absolute Gasteiger partial charge is 0.394 e. The smallest absolute Gasteiger partial charge is 0.151 e. The average Bonchev–Trinajstić information content (AvgIpc) is 2.39. The van der Waals surface area contributed by atoms with Crippen LogP contribution in [0.3, 0.4) is 0 Å². The first-order valence-corrected chi connectivity index (χ1v) is 5.64. The second-order valence-electron chi connectivity index (χ2n) is 4.09. The van der Waals surface area contributed by atoms with Crippen LogP contribution in [0.4, 0.5) is 5.82 Å². The van der Waals surface area contributed by atoms with E-state index in [9.17, 15) is 9.90 Å². The fourth-order valence-corrected chi connectivity index (χ4v) is 2.13. The van der Waals surface area contributed by atoms with Gasteiger partial charge in [0.2, 0.25) is 0 Å². The minimum atomic E-state index is 0.164. The van der Waals surface area contributed by atoms with Crippen molar-refractivity contribution >= 4 is 12.1 Å². The molecule has 4 heteroatoms. The van der Waals surface area contributed by atoms with E-state index in [1.807, 2.05) is 6.07 Å². The van der Waals surface area contributed by atoms with Gasteiger partial charge >= 0.3 is 0 Å². The molecule has 0 spiro atoms. The summed E-state index contributed by atoms with van der Waals surface area (Å²) in [6.07, 6.45) is 5.66. The van der Waals surface area contributed by atoms with Gasteiger partial charge in [0.25, 0.3) is 0 Å². The van der Waals surface area contributed by atoms with Gasteiger partial charge in [-0.3, -0.25) is 4.79 Å². The summed E-state index contributed by atoms with van der Waals surface area (Å²) in [5, 5.41) is 9.30. The van der Waals surface area contributed by atoms with Crippen molar-refractivity contribution in [3.05, 3.63) is 23.9 Å². The van der Waals surface area contributed by atoms with Crippen molar-refractivity contribution in [3.8, 4) is 0 Å². The number of rotatable bonds is 3. The van der Waals surface area contributed by atoms with E-state index in [4.69, 9.17) is 0 Å². The zero-order chi connectivity index (χ0) is 11.4. The van der Waals surface area contributed by atoms with E-state index in [0.717, 1.165) is 37.9 Å². The lowest BCUT2D eigenvalue weighted by Crippen LogP contribution is -2.42. The first kappa shape index (κ1) is 11.1. The van der Waals surface area contributed by atoms with E-state index < -0.39 is 0 Å². The molecule has 0 bridgehead atoms. The van der Waals surface area contributed by atoms with Gasteiger partial charge in [-0.1, -0.05) is 0 Å². The summed E-state index contributed by atoms with van der Waals surface area (Å²) in [6, 6.07) is 3.78. The van der Waals surface area contributed by atoms with Crippen LogP contribution in [0.1, 0.15) is 29.6 Å². The molecule has 1 aliphatic heterocycles. The monoisotopic (exact) mass is 220 g/mol. The third kappa shape index (κ3) is 2.22. The Labute approximate surface area is 94.9 Å². The number of hydrogen-bond donors (Lipinski definition) is 1. The van der Waals surface area contributed by atoms with Gasteiger partial charge in [0.1, 0.15) is 5.82 Å². The third-order valence-electron chi connectivity index (χ3n) is 3.04. The highest BCUT2D eigenvalue weighted by Gasteiger charge is 2.22. The number of aliphatic hydroxyl groups excluding tert-OH is 1. The third-order valence-corrected chi connectivity index (χ3v) is 3.04. The second kappa shape index (κ2) is 5.07. The molecule has 1 N–H and O–H groups in total. The number of nitrogens with zero attached hydrogens (tertiary/aromatic N) is 2. The average molecular weight is 220 g/mol. The Morgan fingerprint density at radius 3 is 3.00 bits per heavy atom. The van der Waals surface area contributed by atoms with E-state index in [1.165, 1.54) is 0 Å². The molecule has 1 aromatic heterocycles. The zero-order valence-corrected chi connectivity index (χ0v) is 9.17. The SMILES string of the molecule is O=Cc1ccc(N2CCCCC2CO)nc1. The highest BCUT2D eigenvalue weighted by atomic mass is 16.3. The topological polar surface area (TPSA) is 53.4 Å². The van der Waals surface area contributed by atoms with Gasteiger partial charge in [-0.15, -0.1) is 0 Å². The Morgan fingerprint density at radius 1 is 1.50 bits per heavy atom. The maximum absolute atomic E-state index is 10.5. The van der Waals surface area contributed by atoms with E-state index in [-0.39, 0.29) is 12.6 Å². The number of piperidine rings is 1. The molecule has 0 aliphatic carbocycles. The molecule has 86 valence electrons. The second-order valence-corrected chi connectivity index (χ2v) is 4.09. The molecule has 1 aliphatic rings. The number of anilines is 1. The van der Waals surface area contributed by atoms with Crippen LogP contribution in [0.5, 0.6) is 0 Å². The van der Waals surface area contributed by atoms with Crippen LogP contribution in [-0.4, -0.2) is 35.6 Å². The summed E-state index contributed by atoms with van der Waals surface area (Å²) < 4.78 is 0. The fourth-order valence-electron chi connectivity index (χ4n) is 2.13. The minimum Gasteiger partial charge on any atom is -0.394 e. The Morgan fingerprint density at radius 2 is 2.38 bits per heavy atom. The summed E-state index contributed by atoms with van der Waals surface area (Å²) >= 11 is 0. The predicted molar refractivity (Wildman–Crippen MR) is 61.7 cm³/mol. The van der Waals surface area contributed by atoms with Crippen molar-refractivity contribution in [2.45, 2.75) is 25.3 Å². The minimum absolute atomic E-state index is 0.164. The van der Waals surface area contributed by atoms with Gasteiger partial charge < -0.3 is 10.0 Å². The lowest BCUT2D eigenvalue weighted by Gasteiger charge is -2.35. The van der Waals surface area contributed by atoms with Crippen LogP contribution in [0.25, 0.3) is 0 Å². The zero-order valence-electron chi connectivity index (χ0n) is 9.17. The van der Waals surface area contributed by atoms with E-state index >= 15 is 0 Å². The van der Waals surface area contributed by atoms with Crippen molar-refractivity contribution in [3.63, 3.8) is 0 Å². The van der Waals surface area contributed by atoms with E-state index in [0.29, 0.717) is 5.56 Å². The molecule has 1 fully saturated rings. The normalized spacial score (nSPS) is 20.8. The Kier molecular flexibility index (Phi) is 3.51. The number of aldehydes is 1. The van der Waals surface area contributed by atoms with E-state index in [1.54, 1.807) is 12.3 Å². The quantitative estimate of drug-likeness (QED) is 0.779. The van der Waals surface area contributed by atoms with Gasteiger partial charge in [0.15, 0.2) is 6.29 Å². The highest BCUT2D eigenvalue weighted by Crippen LogP contribution is 2.22. The van der Waals surface area contributed by atoms with Crippen molar-refractivity contribution in [2.24, 2.45) is 0 Å². The molecule has 1 atom stereocenters. The van der Waals surface area contributed by atoms with Crippen LogP contribution in [0.15, 0.2) is 18.3 Å². The van der Waals surface area contributed by atoms with Gasteiger partial charge in [0.05, 0.1) is 12.6 Å². The van der Waals surface area contributed by atoms with Gasteiger partial charge in [-0.2, -0.15) is 0 Å². The molecule has 16 heavy (non-hydrogen) atoms. The molecule has 1 unspecified atom stereocenters. The molecule has 2 rings (SSSR count). The fraction of sp³-hybridized carbons (Fsp3) is 0.500. The number of hydrogen-bond acceptors (Lipinski definition) is 4. The lowest BCUT2D eigenvalue weighted by atomic mass is 10.0. The van der Waals surface area contributed by atoms with Crippen molar-refractivity contribution in [1.29, 1.82) is 0 Å². The van der Waals surface area contributed by atoms with Gasteiger partial charge in [-0.25, -0.2) is 4.98 Å². The summed E-state index contributed by atoms with van der Waals surface area (Å²) in [4.78, 5) is 16.9. The standard InChI is InChI=1S/C12H16N2O2/c15-8-10-4-5-12(13-7-10)14-6-2-1-3-11(14)9-16/h4-5,7-8,11,16H,1-3,6,9H2. The van der Waals surface area contributed by atoms with Crippen molar-refractivity contribution < 1.29 is 9.90 Å². The summed E-state index contributed by atoms with van der Waals surface area (Å²) in [5.41, 5.74) is 0.585. The van der Waals surface area contributed by atoms with Crippen LogP contribution in [0.2, 0.25) is 0 Å². The number of pyridine rings is 1. The molecule has 1 aromatic rings. The van der Waals surface area contributed by atoms with Crippen molar-refractivity contribution in [1.82, 2.24) is 4.98 Å². The number of carbonyl (C=O) groups is 1. The van der Waals surface area contributed by atoms with Gasteiger partial charge in [-0.05, 0) is 31.4 Å². The van der Waals surface area contributed by atoms with Crippen molar-refractivity contribution in [2.75, 3.05) is 18.1 Å². The highest BCUT2D eigenvalue weighted by molar-refractivity contribution is 5.74. The molecule has 0 radical (unpaired) electrons. The Bertz CT molecular complexity index is 351. The van der Waals surface area contributed by atoms with Crippen LogP contribution >= 0.6 is 0 Å². The molecular weight excluding hydrogens is 204 g/mol. The summed E-state index contributed by atoms with van der Waals surface area (Å²) in [7, 11) is 0. The summed E-state index contributed by atoms with van der Waals surface area (Å²) in [6.45, 7) is 1.09. The molecule has 0 aromatic carbocycles. The molecule has 0 saturated carbocycles. The molecule has 1 saturated heterocycles. The lowest BCUT2D eigenvalue weighted by molar-refractivity contribution is 0.112. The molecular formula is C12H16N2O2. The molecule has 0 amide bonds. The van der Waals surface area contributed by atoms with Crippen LogP contribution in [0, 0.1) is 0 Å². The van der Waals surface area contributed by atoms with Crippen LogP contribution < -0.4 is 4.90 Å². The predicted octanol–water partition coefficient (Wildman–Crippen LogP) is 1.25. The van der Waals surface area contributed by atoms with E-state index in [2.05, 4.69) is 9.88 Å². The maximum Gasteiger partial charge on any atom is 0.151 e. The first-order chi connectivity index (χ1) is 7.85. The van der Waals surface area contributed by atoms with Crippen LogP contribution in [-0.2, 0) is 0 Å². The molecule has 2 heterocycles. The first-order valence-electron chi connectivity index (χ1n) is 5.64. The maximum atomic E-state index is 10.5. The Balaban J connectivity index is 2.17. The Hall–Kier alpha value is -1.42. The number of aliphatic hydroxyl groups is 1. The summed E-state index contributed by atoms with van der Waals surface area (Å²) in [5.74, 6) is 0.851. The number of aromatic nitrogens is 1. The number of carbonyl (C=O) groups excluding carboxylic acids is 1. The molecule has 4 nitrogen and oxygen atoms in total.